The van der Waals surface area contributed by atoms with Crippen LogP contribution in [0.15, 0.2) is 41.8 Å². The van der Waals surface area contributed by atoms with Gasteiger partial charge < -0.3 is 0 Å². The molecule has 0 unspecified atom stereocenters. The number of aromatic nitrogens is 3. The Bertz CT molecular complexity index is 1540. The summed E-state index contributed by atoms with van der Waals surface area (Å²) in [6.07, 6.45) is 0. The average Bonchev–Trinajstić information content (AvgIpc) is 3.42. The summed E-state index contributed by atoms with van der Waals surface area (Å²) in [5, 5.41) is 19.8. The van der Waals surface area contributed by atoms with Gasteiger partial charge in [-0.25, -0.2) is 4.52 Å². The van der Waals surface area contributed by atoms with Gasteiger partial charge in [0.2, 0.25) is 10.9 Å². The van der Waals surface area contributed by atoms with Gasteiger partial charge in [-0.05, 0) is 25.5 Å². The molecule has 0 saturated heterocycles. The van der Waals surface area contributed by atoms with Gasteiger partial charge in [0.1, 0.15) is 6.54 Å². The molecule has 11 nitrogen and oxygen atoms in total. The first-order valence-corrected chi connectivity index (χ1v) is 11.0. The van der Waals surface area contributed by atoms with Crippen molar-refractivity contribution in [3.8, 4) is 11.3 Å². The molecule has 3 heterocycles. The first kappa shape index (κ1) is 21.4. The van der Waals surface area contributed by atoms with Crippen molar-refractivity contribution in [3.63, 3.8) is 0 Å². The molecule has 34 heavy (non-hydrogen) atoms. The van der Waals surface area contributed by atoms with Crippen molar-refractivity contribution >= 4 is 45.7 Å². The third-order valence-electron chi connectivity index (χ3n) is 5.46. The summed E-state index contributed by atoms with van der Waals surface area (Å²) >= 11 is 1.36. The van der Waals surface area contributed by atoms with Crippen molar-refractivity contribution in [3.05, 3.63) is 74.1 Å². The molecule has 3 amide bonds. The molecule has 1 aliphatic rings. The number of aryl methyl sites for hydroxylation is 2. The summed E-state index contributed by atoms with van der Waals surface area (Å²) in [5.41, 5.74) is 3.63. The first-order chi connectivity index (χ1) is 16.2. The monoisotopic (exact) mass is 476 g/mol. The van der Waals surface area contributed by atoms with Crippen LogP contribution >= 0.6 is 11.3 Å². The number of nitro benzene ring substituents is 1. The zero-order valence-corrected chi connectivity index (χ0v) is 18.8. The van der Waals surface area contributed by atoms with E-state index < -0.39 is 29.2 Å². The van der Waals surface area contributed by atoms with Crippen molar-refractivity contribution in [2.24, 2.45) is 0 Å². The van der Waals surface area contributed by atoms with Gasteiger partial charge in [0, 0.05) is 23.1 Å². The van der Waals surface area contributed by atoms with Gasteiger partial charge >= 0.3 is 0 Å². The second-order valence-electron chi connectivity index (χ2n) is 7.80. The SMILES string of the molecule is Cc1ccc(-c2csc3nc(NC(=O)CN4C(=O)c5ccc([N+](=O)[O-])cc5C4=O)nn23)c(C)c1. The molecular weight excluding hydrogens is 460 g/mol. The van der Waals surface area contributed by atoms with Crippen LogP contribution in [0.25, 0.3) is 16.2 Å². The van der Waals surface area contributed by atoms with Gasteiger partial charge in [-0.15, -0.1) is 16.4 Å². The summed E-state index contributed by atoms with van der Waals surface area (Å²) in [5.74, 6) is -2.10. The van der Waals surface area contributed by atoms with E-state index in [2.05, 4.69) is 21.5 Å². The number of nitrogens with one attached hydrogen (secondary N) is 1. The summed E-state index contributed by atoms with van der Waals surface area (Å²) in [4.78, 5) is 53.7. The van der Waals surface area contributed by atoms with E-state index in [4.69, 9.17) is 0 Å². The molecule has 1 aliphatic heterocycles. The fourth-order valence-corrected chi connectivity index (χ4v) is 4.69. The van der Waals surface area contributed by atoms with E-state index in [1.807, 2.05) is 31.4 Å². The minimum Gasteiger partial charge on any atom is -0.292 e. The topological polar surface area (TPSA) is 140 Å². The number of imide groups is 1. The Labute approximate surface area is 195 Å². The highest BCUT2D eigenvalue weighted by Crippen LogP contribution is 2.29. The Morgan fingerprint density at radius 3 is 2.56 bits per heavy atom. The summed E-state index contributed by atoms with van der Waals surface area (Å²) < 4.78 is 1.62. The van der Waals surface area contributed by atoms with E-state index in [-0.39, 0.29) is 22.8 Å². The molecule has 5 rings (SSSR count). The van der Waals surface area contributed by atoms with Crippen LogP contribution in [0.3, 0.4) is 0 Å². The number of anilines is 1. The van der Waals surface area contributed by atoms with Gasteiger partial charge in [0.15, 0.2) is 0 Å². The Hall–Kier alpha value is -4.45. The second-order valence-corrected chi connectivity index (χ2v) is 8.64. The molecule has 0 radical (unpaired) electrons. The van der Waals surface area contributed by atoms with Crippen LogP contribution in [-0.2, 0) is 4.79 Å². The molecule has 0 atom stereocenters. The van der Waals surface area contributed by atoms with E-state index in [1.54, 1.807) is 4.52 Å². The minimum atomic E-state index is -0.769. The first-order valence-electron chi connectivity index (χ1n) is 10.1. The predicted molar refractivity (Wildman–Crippen MR) is 123 cm³/mol. The molecule has 2 aromatic carbocycles. The second kappa shape index (κ2) is 7.85. The number of fused-ring (bicyclic) bond motifs is 2. The van der Waals surface area contributed by atoms with Crippen molar-refractivity contribution in [1.29, 1.82) is 0 Å². The van der Waals surface area contributed by atoms with Crippen molar-refractivity contribution in [1.82, 2.24) is 19.5 Å². The van der Waals surface area contributed by atoms with E-state index in [1.165, 1.54) is 17.4 Å². The average molecular weight is 476 g/mol. The number of thiazole rings is 1. The minimum absolute atomic E-state index is 0.0159. The van der Waals surface area contributed by atoms with Gasteiger partial charge in [-0.1, -0.05) is 23.8 Å². The maximum absolute atomic E-state index is 12.6. The molecule has 4 aromatic rings. The Kier molecular flexibility index (Phi) is 4.94. The molecule has 0 bridgehead atoms. The number of nitrogens with zero attached hydrogens (tertiary/aromatic N) is 5. The number of hydrogen-bond donors (Lipinski definition) is 1. The van der Waals surface area contributed by atoms with Crippen LogP contribution in [0.2, 0.25) is 0 Å². The van der Waals surface area contributed by atoms with Gasteiger partial charge in [0.25, 0.3) is 23.5 Å². The molecule has 12 heteroatoms. The predicted octanol–water partition coefficient (Wildman–Crippen LogP) is 3.22. The third kappa shape index (κ3) is 3.49. The highest BCUT2D eigenvalue weighted by atomic mass is 32.1. The quantitative estimate of drug-likeness (QED) is 0.265. The standard InChI is InChI=1S/C22H16N6O5S/c1-11-3-5-14(12(2)7-11)17-10-34-22-24-21(25-27(17)22)23-18(29)9-26-19(30)15-6-4-13(28(32)33)8-16(15)20(26)31/h3-8,10H,9H2,1-2H3,(H,23,25,29). The van der Waals surface area contributed by atoms with Gasteiger partial charge in [-0.2, -0.15) is 4.98 Å². The number of amides is 3. The number of hydrogen-bond acceptors (Lipinski definition) is 8. The lowest BCUT2D eigenvalue weighted by Gasteiger charge is -2.12. The van der Waals surface area contributed by atoms with E-state index >= 15 is 0 Å². The van der Waals surface area contributed by atoms with Crippen LogP contribution < -0.4 is 5.32 Å². The van der Waals surface area contributed by atoms with Crippen LogP contribution in [0.1, 0.15) is 31.8 Å². The van der Waals surface area contributed by atoms with Crippen molar-refractivity contribution in [2.45, 2.75) is 13.8 Å². The summed E-state index contributed by atoms with van der Waals surface area (Å²) in [6, 6.07) is 9.46. The summed E-state index contributed by atoms with van der Waals surface area (Å²) in [6.45, 7) is 3.44. The molecule has 170 valence electrons. The van der Waals surface area contributed by atoms with Gasteiger partial charge in [-0.3, -0.25) is 34.7 Å². The Morgan fingerprint density at radius 2 is 1.82 bits per heavy atom. The van der Waals surface area contributed by atoms with Crippen LogP contribution in [0.5, 0.6) is 0 Å². The van der Waals surface area contributed by atoms with E-state index in [0.29, 0.717) is 4.96 Å². The van der Waals surface area contributed by atoms with E-state index in [9.17, 15) is 24.5 Å². The van der Waals surface area contributed by atoms with E-state index in [0.717, 1.165) is 39.4 Å². The molecule has 0 saturated carbocycles. The number of benzene rings is 2. The van der Waals surface area contributed by atoms with Crippen LogP contribution in [0, 0.1) is 24.0 Å². The lowest BCUT2D eigenvalue weighted by molar-refractivity contribution is -0.384. The molecular formula is C22H16N6O5S. The maximum Gasteiger partial charge on any atom is 0.270 e. The number of carbonyl (C=O) groups is 3. The lowest BCUT2D eigenvalue weighted by Crippen LogP contribution is -2.37. The van der Waals surface area contributed by atoms with Crippen molar-refractivity contribution in [2.75, 3.05) is 11.9 Å². The molecule has 0 spiro atoms. The number of rotatable bonds is 5. The number of carbonyl (C=O) groups excluding carboxylic acids is 3. The Balaban J connectivity index is 1.34. The highest BCUT2D eigenvalue weighted by molar-refractivity contribution is 7.15. The normalized spacial score (nSPS) is 12.9. The fraction of sp³-hybridized carbons (Fsp3) is 0.136. The fourth-order valence-electron chi connectivity index (χ4n) is 3.86. The highest BCUT2D eigenvalue weighted by Gasteiger charge is 2.38. The Morgan fingerprint density at radius 1 is 1.09 bits per heavy atom. The van der Waals surface area contributed by atoms with Gasteiger partial charge in [0.05, 0.1) is 21.7 Å². The summed E-state index contributed by atoms with van der Waals surface area (Å²) in [7, 11) is 0. The largest absolute Gasteiger partial charge is 0.292 e. The smallest absolute Gasteiger partial charge is 0.270 e. The lowest BCUT2D eigenvalue weighted by atomic mass is 10.0. The zero-order valence-electron chi connectivity index (χ0n) is 17.9. The molecule has 0 aliphatic carbocycles. The molecule has 0 fully saturated rings. The maximum atomic E-state index is 12.6. The van der Waals surface area contributed by atoms with Crippen LogP contribution in [-0.4, -0.2) is 48.7 Å². The number of nitro groups is 1. The molecule has 1 N–H and O–H groups in total. The third-order valence-corrected chi connectivity index (χ3v) is 6.27. The number of non-ortho nitro benzene ring substituents is 1. The van der Waals surface area contributed by atoms with Crippen molar-refractivity contribution < 1.29 is 19.3 Å². The van der Waals surface area contributed by atoms with Crippen LogP contribution in [0.4, 0.5) is 11.6 Å². The zero-order chi connectivity index (χ0) is 24.1. The molecule has 2 aromatic heterocycles.